The van der Waals surface area contributed by atoms with E-state index >= 15 is 0 Å². The molecular formula is C22H25NO5. The van der Waals surface area contributed by atoms with Crippen LogP contribution in [0.5, 0.6) is 5.75 Å². The lowest BCUT2D eigenvalue weighted by atomic mass is 9.93. The summed E-state index contributed by atoms with van der Waals surface area (Å²) in [4.78, 5) is 24.2. The fourth-order valence-electron chi connectivity index (χ4n) is 3.54. The van der Waals surface area contributed by atoms with E-state index in [-0.39, 0.29) is 12.7 Å². The SMILES string of the molecule is CCOC(=O)C1(Cc2ccc(OC(C)c3ccccc3)cc2)CC1C(=O)NO. The van der Waals surface area contributed by atoms with E-state index in [9.17, 15) is 9.59 Å². The molecule has 1 aliphatic carbocycles. The summed E-state index contributed by atoms with van der Waals surface area (Å²) in [5.74, 6) is -0.803. The molecule has 0 aliphatic heterocycles. The van der Waals surface area contributed by atoms with Crippen molar-refractivity contribution in [2.75, 3.05) is 6.61 Å². The van der Waals surface area contributed by atoms with Gasteiger partial charge in [0.05, 0.1) is 17.9 Å². The zero-order valence-corrected chi connectivity index (χ0v) is 16.1. The lowest BCUT2D eigenvalue weighted by Gasteiger charge is -2.17. The van der Waals surface area contributed by atoms with Crippen LogP contribution >= 0.6 is 0 Å². The lowest BCUT2D eigenvalue weighted by molar-refractivity contribution is -0.152. The van der Waals surface area contributed by atoms with Crippen LogP contribution in [0.15, 0.2) is 54.6 Å². The maximum Gasteiger partial charge on any atom is 0.313 e. The van der Waals surface area contributed by atoms with Crippen LogP contribution < -0.4 is 10.2 Å². The minimum absolute atomic E-state index is 0.0843. The maximum atomic E-state index is 12.4. The van der Waals surface area contributed by atoms with Crippen molar-refractivity contribution >= 4 is 11.9 Å². The van der Waals surface area contributed by atoms with Crippen LogP contribution in [-0.4, -0.2) is 23.7 Å². The van der Waals surface area contributed by atoms with E-state index in [2.05, 4.69) is 0 Å². The van der Waals surface area contributed by atoms with Crippen molar-refractivity contribution < 1.29 is 24.3 Å². The molecule has 148 valence electrons. The number of nitrogens with one attached hydrogen (secondary N) is 1. The van der Waals surface area contributed by atoms with Crippen molar-refractivity contribution in [3.63, 3.8) is 0 Å². The summed E-state index contributed by atoms with van der Waals surface area (Å²) < 4.78 is 11.1. The van der Waals surface area contributed by atoms with Crippen molar-refractivity contribution in [3.05, 3.63) is 65.7 Å². The molecule has 2 aromatic carbocycles. The second kappa shape index (κ2) is 8.44. The van der Waals surface area contributed by atoms with Crippen LogP contribution in [0.3, 0.4) is 0 Å². The van der Waals surface area contributed by atoms with Gasteiger partial charge in [0, 0.05) is 0 Å². The van der Waals surface area contributed by atoms with Crippen molar-refractivity contribution in [2.45, 2.75) is 32.8 Å². The molecule has 1 fully saturated rings. The van der Waals surface area contributed by atoms with E-state index in [1.165, 1.54) is 0 Å². The molecule has 0 spiro atoms. The molecule has 3 atom stereocenters. The molecule has 0 saturated heterocycles. The summed E-state index contributed by atoms with van der Waals surface area (Å²) >= 11 is 0. The largest absolute Gasteiger partial charge is 0.486 e. The fraction of sp³-hybridized carbons (Fsp3) is 0.364. The minimum atomic E-state index is -0.914. The van der Waals surface area contributed by atoms with Crippen LogP contribution in [0.2, 0.25) is 0 Å². The number of esters is 1. The lowest BCUT2D eigenvalue weighted by Crippen LogP contribution is -2.30. The van der Waals surface area contributed by atoms with Gasteiger partial charge in [-0.3, -0.25) is 14.8 Å². The predicted octanol–water partition coefficient (Wildman–Crippen LogP) is 3.44. The molecular weight excluding hydrogens is 358 g/mol. The number of hydrogen-bond donors (Lipinski definition) is 2. The Kier molecular flexibility index (Phi) is 5.99. The number of carbonyl (C=O) groups is 2. The molecule has 1 saturated carbocycles. The quantitative estimate of drug-likeness (QED) is 0.414. The number of ether oxygens (including phenoxy) is 2. The van der Waals surface area contributed by atoms with Crippen LogP contribution in [0.1, 0.15) is 37.5 Å². The Hall–Kier alpha value is -2.86. The first-order chi connectivity index (χ1) is 13.5. The van der Waals surface area contributed by atoms with Crippen LogP contribution in [0.4, 0.5) is 0 Å². The first-order valence-electron chi connectivity index (χ1n) is 9.42. The zero-order valence-electron chi connectivity index (χ0n) is 16.1. The third-order valence-electron chi connectivity index (χ3n) is 5.21. The summed E-state index contributed by atoms with van der Waals surface area (Å²) in [5.41, 5.74) is 2.72. The van der Waals surface area contributed by atoms with Gasteiger partial charge in [0.25, 0.3) is 0 Å². The highest BCUT2D eigenvalue weighted by Gasteiger charge is 2.64. The summed E-state index contributed by atoms with van der Waals surface area (Å²) in [6, 6.07) is 17.4. The van der Waals surface area contributed by atoms with Crippen LogP contribution in [-0.2, 0) is 20.7 Å². The van der Waals surface area contributed by atoms with Crippen molar-refractivity contribution in [1.82, 2.24) is 5.48 Å². The molecule has 6 heteroatoms. The van der Waals surface area contributed by atoms with Gasteiger partial charge in [-0.15, -0.1) is 0 Å². The molecule has 0 bridgehead atoms. The number of hydroxylamine groups is 1. The Morgan fingerprint density at radius 1 is 1.18 bits per heavy atom. The second-order valence-corrected chi connectivity index (χ2v) is 7.10. The summed E-state index contributed by atoms with van der Waals surface area (Å²) in [6.45, 7) is 3.97. The topological polar surface area (TPSA) is 84.9 Å². The van der Waals surface area contributed by atoms with E-state index < -0.39 is 23.2 Å². The van der Waals surface area contributed by atoms with E-state index in [4.69, 9.17) is 14.7 Å². The summed E-state index contributed by atoms with van der Waals surface area (Å²) in [5, 5.41) is 8.90. The van der Waals surface area contributed by atoms with E-state index in [1.54, 1.807) is 12.4 Å². The zero-order chi connectivity index (χ0) is 20.1. The highest BCUT2D eigenvalue weighted by Crippen LogP contribution is 2.56. The van der Waals surface area contributed by atoms with Gasteiger partial charge < -0.3 is 9.47 Å². The molecule has 3 rings (SSSR count). The monoisotopic (exact) mass is 383 g/mol. The first-order valence-corrected chi connectivity index (χ1v) is 9.42. The Morgan fingerprint density at radius 2 is 1.86 bits per heavy atom. The average molecular weight is 383 g/mol. The Bertz CT molecular complexity index is 821. The van der Waals surface area contributed by atoms with Gasteiger partial charge in [0.15, 0.2) is 0 Å². The van der Waals surface area contributed by atoms with Gasteiger partial charge >= 0.3 is 5.97 Å². The Labute approximate surface area is 164 Å². The number of carbonyl (C=O) groups excluding carboxylic acids is 2. The molecule has 6 nitrogen and oxygen atoms in total. The molecule has 0 radical (unpaired) electrons. The van der Waals surface area contributed by atoms with Gasteiger partial charge in [0.1, 0.15) is 11.9 Å². The third kappa shape index (κ3) is 4.17. The highest BCUT2D eigenvalue weighted by atomic mass is 16.5. The van der Waals surface area contributed by atoms with Crippen molar-refractivity contribution in [2.24, 2.45) is 11.3 Å². The smallest absolute Gasteiger partial charge is 0.313 e. The van der Waals surface area contributed by atoms with Crippen LogP contribution in [0.25, 0.3) is 0 Å². The van der Waals surface area contributed by atoms with Gasteiger partial charge in [-0.2, -0.15) is 0 Å². The molecule has 1 amide bonds. The fourth-order valence-corrected chi connectivity index (χ4v) is 3.54. The van der Waals surface area contributed by atoms with Gasteiger partial charge in [-0.05, 0) is 49.9 Å². The molecule has 1 aliphatic rings. The normalized spacial score (nSPS) is 21.5. The standard InChI is InChI=1S/C22H25NO5/c1-3-27-21(25)22(14-19(22)20(24)23-26)13-16-9-11-18(12-10-16)28-15(2)17-7-5-4-6-8-17/h4-12,15,19,26H,3,13-14H2,1-2H3,(H,23,24). The number of hydrogen-bond acceptors (Lipinski definition) is 5. The summed E-state index contributed by atoms with van der Waals surface area (Å²) in [6.07, 6.45) is 0.652. The summed E-state index contributed by atoms with van der Waals surface area (Å²) in [7, 11) is 0. The maximum absolute atomic E-state index is 12.4. The molecule has 3 unspecified atom stereocenters. The first kappa shape index (κ1) is 19.9. The van der Waals surface area contributed by atoms with E-state index in [1.807, 2.05) is 61.5 Å². The number of rotatable bonds is 8. The Morgan fingerprint density at radius 3 is 2.46 bits per heavy atom. The molecule has 2 N–H and O–H groups in total. The molecule has 2 aromatic rings. The highest BCUT2D eigenvalue weighted by molar-refractivity contribution is 5.93. The van der Waals surface area contributed by atoms with Crippen molar-refractivity contribution in [1.29, 1.82) is 0 Å². The van der Waals surface area contributed by atoms with Gasteiger partial charge in [-0.25, -0.2) is 5.48 Å². The van der Waals surface area contributed by atoms with E-state index in [0.717, 1.165) is 16.9 Å². The number of benzene rings is 2. The van der Waals surface area contributed by atoms with Gasteiger partial charge in [0.2, 0.25) is 5.91 Å². The van der Waals surface area contributed by atoms with Crippen LogP contribution in [0, 0.1) is 11.3 Å². The van der Waals surface area contributed by atoms with Gasteiger partial charge in [-0.1, -0.05) is 42.5 Å². The third-order valence-corrected chi connectivity index (χ3v) is 5.21. The molecule has 28 heavy (non-hydrogen) atoms. The van der Waals surface area contributed by atoms with E-state index in [0.29, 0.717) is 12.8 Å². The number of amides is 1. The molecule has 0 aromatic heterocycles. The molecule has 0 heterocycles. The predicted molar refractivity (Wildman–Crippen MR) is 103 cm³/mol. The minimum Gasteiger partial charge on any atom is -0.486 e. The Balaban J connectivity index is 1.68. The average Bonchev–Trinajstić information content (AvgIpc) is 3.45. The second-order valence-electron chi connectivity index (χ2n) is 7.10. The van der Waals surface area contributed by atoms with Crippen molar-refractivity contribution in [3.8, 4) is 5.75 Å².